The second-order valence-electron chi connectivity index (χ2n) is 3.92. The molecule has 0 aliphatic heterocycles. The van der Waals surface area contributed by atoms with Crippen LogP contribution in [0, 0.1) is 12.9 Å². The van der Waals surface area contributed by atoms with Crippen LogP contribution in [0.5, 0.6) is 0 Å². The molecule has 0 N–H and O–H groups in total. The minimum Gasteiger partial charge on any atom is -0.342 e. The monoisotopic (exact) mass is 230 g/mol. The molecule has 0 spiro atoms. The molecular formula is C14H15FN2. The Hall–Kier alpha value is -1.90. The molecule has 0 amide bonds. The summed E-state index contributed by atoms with van der Waals surface area (Å²) in [6.45, 7) is 4.87. The Morgan fingerprint density at radius 1 is 1.18 bits per heavy atom. The second kappa shape index (κ2) is 4.95. The summed E-state index contributed by atoms with van der Waals surface area (Å²) in [6, 6.07) is 11.4. The van der Waals surface area contributed by atoms with Crippen LogP contribution in [0.25, 0.3) is 0 Å². The molecule has 0 fully saturated rings. The van der Waals surface area contributed by atoms with Crippen molar-refractivity contribution in [1.29, 1.82) is 0 Å². The molecule has 2 rings (SSSR count). The lowest BCUT2D eigenvalue weighted by molar-refractivity contribution is 0.583. The molecule has 0 aliphatic rings. The Labute approximate surface area is 101 Å². The summed E-state index contributed by atoms with van der Waals surface area (Å²) in [5, 5.41) is 0. The zero-order chi connectivity index (χ0) is 12.3. The molecule has 0 aliphatic carbocycles. The highest BCUT2D eigenvalue weighted by atomic mass is 19.1. The van der Waals surface area contributed by atoms with Crippen molar-refractivity contribution in [2.45, 2.75) is 13.8 Å². The molecular weight excluding hydrogens is 215 g/mol. The van der Waals surface area contributed by atoms with Gasteiger partial charge in [0, 0.05) is 30.2 Å². The van der Waals surface area contributed by atoms with Crippen LogP contribution in [0.1, 0.15) is 12.5 Å². The van der Waals surface area contributed by atoms with E-state index in [1.165, 1.54) is 17.8 Å². The van der Waals surface area contributed by atoms with Crippen LogP contribution >= 0.6 is 0 Å². The highest BCUT2D eigenvalue weighted by Crippen LogP contribution is 2.25. The predicted octanol–water partition coefficient (Wildman–Crippen LogP) is 3.69. The zero-order valence-corrected chi connectivity index (χ0v) is 10.0. The van der Waals surface area contributed by atoms with Crippen molar-refractivity contribution in [3.63, 3.8) is 0 Å². The van der Waals surface area contributed by atoms with E-state index in [2.05, 4.69) is 16.0 Å². The summed E-state index contributed by atoms with van der Waals surface area (Å²) in [6.07, 6.45) is 1.49. The van der Waals surface area contributed by atoms with Crippen molar-refractivity contribution >= 4 is 11.4 Å². The minimum absolute atomic E-state index is 0.450. The molecule has 0 unspecified atom stereocenters. The lowest BCUT2D eigenvalue weighted by Crippen LogP contribution is -2.16. The largest absolute Gasteiger partial charge is 0.342 e. The Kier molecular flexibility index (Phi) is 3.38. The third kappa shape index (κ3) is 2.61. The highest BCUT2D eigenvalue weighted by molar-refractivity contribution is 5.63. The molecule has 0 radical (unpaired) electrons. The lowest BCUT2D eigenvalue weighted by atomic mass is 10.2. The number of pyridine rings is 1. The molecule has 17 heavy (non-hydrogen) atoms. The number of aromatic nitrogens is 1. The molecule has 2 aromatic rings. The summed E-state index contributed by atoms with van der Waals surface area (Å²) in [7, 11) is 0. The third-order valence-corrected chi connectivity index (χ3v) is 2.65. The van der Waals surface area contributed by atoms with E-state index in [4.69, 9.17) is 0 Å². The van der Waals surface area contributed by atoms with Gasteiger partial charge in [0.15, 0.2) is 0 Å². The van der Waals surface area contributed by atoms with Crippen molar-refractivity contribution < 1.29 is 4.39 Å². The van der Waals surface area contributed by atoms with E-state index in [9.17, 15) is 4.39 Å². The molecule has 0 bridgehead atoms. The lowest BCUT2D eigenvalue weighted by Gasteiger charge is -2.23. The van der Waals surface area contributed by atoms with Gasteiger partial charge in [-0.15, -0.1) is 0 Å². The molecule has 2 nitrogen and oxygen atoms in total. The first-order valence-electron chi connectivity index (χ1n) is 5.66. The van der Waals surface area contributed by atoms with Gasteiger partial charge < -0.3 is 4.90 Å². The quantitative estimate of drug-likeness (QED) is 0.747. The normalized spacial score (nSPS) is 10.3. The maximum absolute atomic E-state index is 13.1. The van der Waals surface area contributed by atoms with Crippen LogP contribution in [-0.4, -0.2) is 11.5 Å². The van der Waals surface area contributed by atoms with Crippen molar-refractivity contribution in [2.75, 3.05) is 11.4 Å². The summed E-state index contributed by atoms with van der Waals surface area (Å²) in [5.74, 6) is -0.450. The van der Waals surface area contributed by atoms with Crippen LogP contribution in [0.2, 0.25) is 0 Å². The average Bonchev–Trinajstić information content (AvgIpc) is 2.30. The van der Waals surface area contributed by atoms with Gasteiger partial charge in [0.1, 0.15) is 0 Å². The van der Waals surface area contributed by atoms with Crippen molar-refractivity contribution in [2.24, 2.45) is 0 Å². The number of benzene rings is 1. The van der Waals surface area contributed by atoms with E-state index in [0.717, 1.165) is 17.9 Å². The van der Waals surface area contributed by atoms with E-state index in [1.807, 2.05) is 38.1 Å². The Morgan fingerprint density at radius 2 is 1.94 bits per heavy atom. The fourth-order valence-electron chi connectivity index (χ4n) is 1.87. The topological polar surface area (TPSA) is 16.1 Å². The molecule has 1 heterocycles. The molecule has 1 aromatic heterocycles. The van der Waals surface area contributed by atoms with Crippen LogP contribution in [0.3, 0.4) is 0 Å². The molecule has 0 atom stereocenters. The molecule has 88 valence electrons. The summed E-state index contributed by atoms with van der Waals surface area (Å²) < 4.78 is 13.1. The number of hydrogen-bond acceptors (Lipinski definition) is 2. The number of hydrogen-bond donors (Lipinski definition) is 0. The first kappa shape index (κ1) is 11.6. The Morgan fingerprint density at radius 3 is 2.59 bits per heavy atom. The van der Waals surface area contributed by atoms with Crippen molar-refractivity contribution in [1.82, 2.24) is 4.98 Å². The first-order valence-corrected chi connectivity index (χ1v) is 5.66. The number of rotatable bonds is 3. The maximum atomic E-state index is 13.1. The van der Waals surface area contributed by atoms with E-state index < -0.39 is 5.95 Å². The van der Waals surface area contributed by atoms with E-state index >= 15 is 0 Å². The highest BCUT2D eigenvalue weighted by Gasteiger charge is 2.08. The summed E-state index contributed by atoms with van der Waals surface area (Å²) >= 11 is 0. The SMILES string of the molecule is CCN(c1cccc(C)c1)c1ccnc(F)c1. The maximum Gasteiger partial charge on any atom is 0.214 e. The van der Waals surface area contributed by atoms with E-state index in [-0.39, 0.29) is 0 Å². The number of aryl methyl sites for hydroxylation is 1. The van der Waals surface area contributed by atoms with Gasteiger partial charge in [-0.25, -0.2) is 4.98 Å². The molecule has 1 aromatic carbocycles. The summed E-state index contributed by atoms with van der Waals surface area (Å²) in [5.41, 5.74) is 3.08. The van der Waals surface area contributed by atoms with Gasteiger partial charge in [-0.3, -0.25) is 0 Å². The minimum atomic E-state index is -0.450. The molecule has 0 saturated carbocycles. The first-order chi connectivity index (χ1) is 8.20. The van der Waals surface area contributed by atoms with Crippen LogP contribution in [-0.2, 0) is 0 Å². The van der Waals surface area contributed by atoms with Gasteiger partial charge in [0.2, 0.25) is 5.95 Å². The second-order valence-corrected chi connectivity index (χ2v) is 3.92. The van der Waals surface area contributed by atoms with Crippen LogP contribution in [0.15, 0.2) is 42.6 Å². The van der Waals surface area contributed by atoms with Gasteiger partial charge in [0.05, 0.1) is 0 Å². The standard InChI is InChI=1S/C14H15FN2/c1-3-17(12-6-4-5-11(2)9-12)13-7-8-16-14(15)10-13/h4-10H,3H2,1-2H3. The number of anilines is 2. The fourth-order valence-corrected chi connectivity index (χ4v) is 1.87. The Bertz CT molecular complexity index is 466. The van der Waals surface area contributed by atoms with Gasteiger partial charge in [-0.05, 0) is 37.6 Å². The predicted molar refractivity (Wildman–Crippen MR) is 68.1 cm³/mol. The third-order valence-electron chi connectivity index (χ3n) is 2.65. The van der Waals surface area contributed by atoms with Crippen LogP contribution in [0.4, 0.5) is 15.8 Å². The molecule has 3 heteroatoms. The van der Waals surface area contributed by atoms with Crippen molar-refractivity contribution in [3.8, 4) is 0 Å². The van der Waals surface area contributed by atoms with E-state index in [1.54, 1.807) is 0 Å². The van der Waals surface area contributed by atoms with Gasteiger partial charge >= 0.3 is 0 Å². The van der Waals surface area contributed by atoms with Gasteiger partial charge in [0.25, 0.3) is 0 Å². The summed E-state index contributed by atoms with van der Waals surface area (Å²) in [4.78, 5) is 5.63. The average molecular weight is 230 g/mol. The Balaban J connectivity index is 2.40. The van der Waals surface area contributed by atoms with Gasteiger partial charge in [-0.2, -0.15) is 4.39 Å². The van der Waals surface area contributed by atoms with Gasteiger partial charge in [-0.1, -0.05) is 12.1 Å². The number of halogens is 1. The zero-order valence-electron chi connectivity index (χ0n) is 10.0. The van der Waals surface area contributed by atoms with Crippen molar-refractivity contribution in [3.05, 3.63) is 54.1 Å². The molecule has 0 saturated heterocycles. The number of nitrogens with zero attached hydrogens (tertiary/aromatic N) is 2. The van der Waals surface area contributed by atoms with E-state index in [0.29, 0.717) is 0 Å². The fraction of sp³-hybridized carbons (Fsp3) is 0.214. The smallest absolute Gasteiger partial charge is 0.214 e. The van der Waals surface area contributed by atoms with Crippen LogP contribution < -0.4 is 4.90 Å².